The fraction of sp³-hybridized carbons (Fsp3) is 0.333. The average molecular weight is 158 g/mol. The predicted octanol–water partition coefficient (Wildman–Crippen LogP) is -0.0125. The van der Waals surface area contributed by atoms with Gasteiger partial charge in [-0.2, -0.15) is 0 Å². The zero-order valence-corrected chi connectivity index (χ0v) is 5.67. The number of nitrogens with one attached hydrogen (secondary N) is 1. The van der Waals surface area contributed by atoms with Gasteiger partial charge < -0.3 is 10.1 Å². The second kappa shape index (κ2) is 3.14. The van der Waals surface area contributed by atoms with E-state index in [1.165, 1.54) is 0 Å². The molecule has 0 saturated carbocycles. The van der Waals surface area contributed by atoms with Crippen LogP contribution in [0.1, 0.15) is 5.82 Å². The molecule has 1 heterocycles. The Morgan fingerprint density at radius 2 is 2.45 bits per heavy atom. The number of aryl methyl sites for hydroxylation is 1. The van der Waals surface area contributed by atoms with E-state index in [-0.39, 0.29) is 18.1 Å². The Labute approximate surface area is 61.7 Å². The van der Waals surface area contributed by atoms with Crippen LogP contribution >= 0.6 is 0 Å². The van der Waals surface area contributed by atoms with E-state index in [1.54, 1.807) is 0 Å². The summed E-state index contributed by atoms with van der Waals surface area (Å²) in [6.07, 6.45) is 0.0175. The maximum absolute atomic E-state index is 11.7. The van der Waals surface area contributed by atoms with Crippen LogP contribution in [0, 0.1) is 0 Å². The van der Waals surface area contributed by atoms with Crippen LogP contribution < -0.4 is 5.56 Å². The van der Waals surface area contributed by atoms with Crippen molar-refractivity contribution in [2.24, 2.45) is 0 Å². The number of rotatable bonds is 2. The lowest BCUT2D eigenvalue weighted by atomic mass is 10.4. The fourth-order valence-corrected chi connectivity index (χ4v) is 0.702. The molecule has 11 heavy (non-hydrogen) atoms. The van der Waals surface area contributed by atoms with E-state index in [0.717, 1.165) is 6.07 Å². The highest BCUT2D eigenvalue weighted by Crippen LogP contribution is 1.98. The van der Waals surface area contributed by atoms with Gasteiger partial charge >= 0.3 is 0 Å². The normalized spacial score (nSPS) is 9.91. The van der Waals surface area contributed by atoms with E-state index < -0.39 is 12.2 Å². The van der Waals surface area contributed by atoms with Crippen LogP contribution in [0.15, 0.2) is 10.9 Å². The first kappa shape index (κ1) is 7.71. The smallest absolute Gasteiger partial charge is 0.254 e. The number of aromatic hydroxyl groups is 1. The highest BCUT2D eigenvalue weighted by atomic mass is 19.1. The Morgan fingerprint density at radius 3 is 3.00 bits per heavy atom. The molecule has 0 aliphatic rings. The second-order valence-electron chi connectivity index (χ2n) is 1.99. The van der Waals surface area contributed by atoms with Crippen molar-refractivity contribution in [1.29, 1.82) is 0 Å². The largest absolute Gasteiger partial charge is 0.493 e. The van der Waals surface area contributed by atoms with E-state index >= 15 is 0 Å². The molecule has 0 aromatic carbocycles. The molecule has 60 valence electrons. The van der Waals surface area contributed by atoms with Gasteiger partial charge in [0.25, 0.3) is 5.56 Å². The molecule has 0 aliphatic heterocycles. The summed E-state index contributed by atoms with van der Waals surface area (Å²) in [6, 6.07) is 0.932. The van der Waals surface area contributed by atoms with E-state index in [9.17, 15) is 9.18 Å². The maximum Gasteiger partial charge on any atom is 0.254 e. The summed E-state index contributed by atoms with van der Waals surface area (Å²) in [5.41, 5.74) is -0.471. The molecule has 0 spiro atoms. The number of alkyl halides is 1. The third kappa shape index (κ3) is 2.03. The lowest BCUT2D eigenvalue weighted by molar-refractivity contribution is 0.441. The number of halogens is 1. The first-order valence-electron chi connectivity index (χ1n) is 3.07. The summed E-state index contributed by atoms with van der Waals surface area (Å²) in [6.45, 7) is -0.605. The van der Waals surface area contributed by atoms with E-state index in [1.807, 2.05) is 0 Å². The first-order valence-corrected chi connectivity index (χ1v) is 3.07. The van der Waals surface area contributed by atoms with Crippen molar-refractivity contribution in [3.63, 3.8) is 0 Å². The standard InChI is InChI=1S/C6H7FN2O2/c7-2-1-4-8-5(10)3-6(11)9-4/h3H,1-2H2,(H2,8,9,10,11). The summed E-state index contributed by atoms with van der Waals surface area (Å²) in [4.78, 5) is 16.4. The van der Waals surface area contributed by atoms with E-state index in [0.29, 0.717) is 0 Å². The van der Waals surface area contributed by atoms with Crippen molar-refractivity contribution in [3.05, 3.63) is 22.2 Å². The van der Waals surface area contributed by atoms with Gasteiger partial charge in [0.1, 0.15) is 5.82 Å². The first-order chi connectivity index (χ1) is 5.22. The van der Waals surface area contributed by atoms with E-state index in [4.69, 9.17) is 5.11 Å². The second-order valence-corrected chi connectivity index (χ2v) is 1.99. The van der Waals surface area contributed by atoms with Gasteiger partial charge in [-0.15, -0.1) is 0 Å². The van der Waals surface area contributed by atoms with Crippen molar-refractivity contribution in [2.45, 2.75) is 6.42 Å². The van der Waals surface area contributed by atoms with Crippen LogP contribution in [0.25, 0.3) is 0 Å². The van der Waals surface area contributed by atoms with Crippen LogP contribution in [-0.2, 0) is 6.42 Å². The third-order valence-corrected chi connectivity index (χ3v) is 1.11. The molecule has 0 radical (unpaired) electrons. The molecule has 0 atom stereocenters. The molecule has 0 aliphatic carbocycles. The topological polar surface area (TPSA) is 66.0 Å². The zero-order valence-electron chi connectivity index (χ0n) is 5.67. The predicted molar refractivity (Wildman–Crippen MR) is 36.2 cm³/mol. The SMILES string of the molecule is O=c1cc(O)nc(CCF)[nH]1. The molecule has 0 unspecified atom stereocenters. The summed E-state index contributed by atoms with van der Waals surface area (Å²) in [7, 11) is 0. The highest BCUT2D eigenvalue weighted by molar-refractivity contribution is 5.06. The minimum Gasteiger partial charge on any atom is -0.493 e. The molecule has 0 amide bonds. The molecule has 1 aromatic heterocycles. The van der Waals surface area contributed by atoms with Crippen molar-refractivity contribution < 1.29 is 9.50 Å². The Balaban J connectivity index is 2.99. The maximum atomic E-state index is 11.7. The summed E-state index contributed by atoms with van der Waals surface area (Å²) >= 11 is 0. The number of aromatic nitrogens is 2. The van der Waals surface area contributed by atoms with Crippen molar-refractivity contribution >= 4 is 0 Å². The molecule has 4 nitrogen and oxygen atoms in total. The van der Waals surface area contributed by atoms with Crippen molar-refractivity contribution in [2.75, 3.05) is 6.67 Å². The van der Waals surface area contributed by atoms with Crippen LogP contribution in [0.2, 0.25) is 0 Å². The summed E-state index contributed by atoms with van der Waals surface area (Å²) < 4.78 is 11.7. The fourth-order valence-electron chi connectivity index (χ4n) is 0.702. The number of hydrogen-bond donors (Lipinski definition) is 2. The monoisotopic (exact) mass is 158 g/mol. The number of hydrogen-bond acceptors (Lipinski definition) is 3. The van der Waals surface area contributed by atoms with Gasteiger partial charge in [0.05, 0.1) is 12.7 Å². The van der Waals surface area contributed by atoms with Gasteiger partial charge in [0.2, 0.25) is 5.88 Å². The van der Waals surface area contributed by atoms with Crippen molar-refractivity contribution in [3.8, 4) is 5.88 Å². The molecule has 2 N–H and O–H groups in total. The molecule has 0 saturated heterocycles. The van der Waals surface area contributed by atoms with Crippen LogP contribution in [0.3, 0.4) is 0 Å². The van der Waals surface area contributed by atoms with Gasteiger partial charge in [0.15, 0.2) is 0 Å². The minimum atomic E-state index is -0.605. The van der Waals surface area contributed by atoms with Gasteiger partial charge in [-0.05, 0) is 0 Å². The summed E-state index contributed by atoms with van der Waals surface area (Å²) in [5.74, 6) is -0.213. The van der Waals surface area contributed by atoms with Gasteiger partial charge in [-0.25, -0.2) is 4.98 Å². The van der Waals surface area contributed by atoms with Gasteiger partial charge in [-0.1, -0.05) is 0 Å². The molecule has 5 heteroatoms. The Morgan fingerprint density at radius 1 is 1.73 bits per heavy atom. The average Bonchev–Trinajstić information content (AvgIpc) is 1.85. The van der Waals surface area contributed by atoms with Crippen LogP contribution in [0.4, 0.5) is 4.39 Å². The Kier molecular flexibility index (Phi) is 2.20. The number of aromatic amines is 1. The molecule has 1 rings (SSSR count). The third-order valence-electron chi connectivity index (χ3n) is 1.11. The van der Waals surface area contributed by atoms with Crippen molar-refractivity contribution in [1.82, 2.24) is 9.97 Å². The minimum absolute atomic E-state index is 0.0175. The van der Waals surface area contributed by atoms with Gasteiger partial charge in [-0.3, -0.25) is 9.18 Å². The molecular weight excluding hydrogens is 151 g/mol. The summed E-state index contributed by atoms with van der Waals surface area (Å²) in [5, 5.41) is 8.77. The van der Waals surface area contributed by atoms with Gasteiger partial charge in [0, 0.05) is 6.42 Å². The quantitative estimate of drug-likeness (QED) is 0.636. The van der Waals surface area contributed by atoms with E-state index in [2.05, 4.69) is 9.97 Å². The molecule has 0 bridgehead atoms. The van der Waals surface area contributed by atoms with Crippen LogP contribution in [0.5, 0.6) is 5.88 Å². The molecular formula is C6H7FN2O2. The molecule has 0 fully saturated rings. The Bertz CT molecular complexity index is 297. The number of nitrogens with zero attached hydrogens (tertiary/aromatic N) is 1. The zero-order chi connectivity index (χ0) is 8.27. The molecule has 1 aromatic rings. The highest BCUT2D eigenvalue weighted by Gasteiger charge is 1.97. The number of H-pyrrole nitrogens is 1. The van der Waals surface area contributed by atoms with Crippen LogP contribution in [-0.4, -0.2) is 21.7 Å². The lowest BCUT2D eigenvalue weighted by Crippen LogP contribution is -2.09. The lowest BCUT2D eigenvalue weighted by Gasteiger charge is -1.95. The Hall–Kier alpha value is -1.39.